The van der Waals surface area contributed by atoms with Crippen LogP contribution in [0.4, 0.5) is 8.78 Å². The van der Waals surface area contributed by atoms with E-state index in [2.05, 4.69) is 10.2 Å². The molecule has 4 rings (SSSR count). The quantitative estimate of drug-likeness (QED) is 0.769. The maximum Gasteiger partial charge on any atom is 0.279 e. The number of aromatic nitrogens is 2. The Hall–Kier alpha value is -2.32. The molecule has 4 atom stereocenters. The van der Waals surface area contributed by atoms with Gasteiger partial charge in [0.2, 0.25) is 0 Å². The third-order valence-electron chi connectivity index (χ3n) is 5.74. The summed E-state index contributed by atoms with van der Waals surface area (Å²) in [7, 11) is 0. The number of benzene rings is 1. The maximum atomic E-state index is 12.7. The molecule has 0 unspecified atom stereocenters. The van der Waals surface area contributed by atoms with Crippen molar-refractivity contribution in [1.82, 2.24) is 15.1 Å². The second-order valence-corrected chi connectivity index (χ2v) is 7.00. The number of nitrogens with zero attached hydrogens (tertiary/aromatic N) is 2. The van der Waals surface area contributed by atoms with Crippen molar-refractivity contribution in [2.75, 3.05) is 19.7 Å². The summed E-state index contributed by atoms with van der Waals surface area (Å²) in [5.41, 5.74) is -0.0977. The Morgan fingerprint density at radius 3 is 2.73 bits per heavy atom. The van der Waals surface area contributed by atoms with Crippen molar-refractivity contribution in [3.05, 3.63) is 53.3 Å². The largest absolute Gasteiger partial charge is 0.396 e. The summed E-state index contributed by atoms with van der Waals surface area (Å²) in [5.74, 6) is -0.690. The highest BCUT2D eigenvalue weighted by molar-refractivity contribution is 5.92. The van der Waals surface area contributed by atoms with E-state index in [1.54, 1.807) is 0 Å². The first-order valence-corrected chi connectivity index (χ1v) is 8.45. The number of amides is 1. The normalized spacial score (nSPS) is 30.3. The number of aliphatic hydroxyl groups is 2. The average molecular weight is 363 g/mol. The number of alkyl halides is 2. The third kappa shape index (κ3) is 2.44. The number of aromatic amines is 1. The van der Waals surface area contributed by atoms with Crippen LogP contribution >= 0.6 is 0 Å². The zero-order valence-corrected chi connectivity index (χ0v) is 13.8. The molecule has 2 aromatic rings. The van der Waals surface area contributed by atoms with Crippen molar-refractivity contribution in [2.24, 2.45) is 11.3 Å². The van der Waals surface area contributed by atoms with E-state index in [-0.39, 0.29) is 37.2 Å². The summed E-state index contributed by atoms with van der Waals surface area (Å²) in [5, 5.41) is 26.3. The first-order chi connectivity index (χ1) is 12.5. The number of carbonyl (C=O) groups is 1. The van der Waals surface area contributed by atoms with E-state index in [4.69, 9.17) is 0 Å². The van der Waals surface area contributed by atoms with E-state index in [0.29, 0.717) is 0 Å². The van der Waals surface area contributed by atoms with Crippen molar-refractivity contribution < 1.29 is 23.8 Å². The molecule has 1 amide bonds. The van der Waals surface area contributed by atoms with E-state index in [0.717, 1.165) is 11.6 Å². The van der Waals surface area contributed by atoms with Crippen LogP contribution < -0.4 is 0 Å². The van der Waals surface area contributed by atoms with Crippen LogP contribution in [-0.4, -0.2) is 57.0 Å². The van der Waals surface area contributed by atoms with Crippen LogP contribution in [0.5, 0.6) is 0 Å². The lowest BCUT2D eigenvalue weighted by atomic mass is 9.95. The van der Waals surface area contributed by atoms with Crippen LogP contribution in [0.2, 0.25) is 0 Å². The van der Waals surface area contributed by atoms with Crippen molar-refractivity contribution >= 4 is 5.91 Å². The molecule has 0 bridgehead atoms. The fraction of sp³-hybridized carbons (Fsp3) is 0.444. The predicted molar refractivity (Wildman–Crippen MR) is 87.6 cm³/mol. The molecule has 1 saturated heterocycles. The molecule has 1 aliphatic carbocycles. The topological polar surface area (TPSA) is 89.5 Å². The zero-order chi connectivity index (χ0) is 18.5. The summed E-state index contributed by atoms with van der Waals surface area (Å²) in [6.45, 7) is 0.265. The van der Waals surface area contributed by atoms with Crippen LogP contribution in [0.15, 0.2) is 36.4 Å². The van der Waals surface area contributed by atoms with Crippen LogP contribution in [0.25, 0.3) is 0 Å². The molecule has 1 aromatic carbocycles. The summed E-state index contributed by atoms with van der Waals surface area (Å²) < 4.78 is 25.4. The summed E-state index contributed by atoms with van der Waals surface area (Å²) >= 11 is 0. The summed E-state index contributed by atoms with van der Waals surface area (Å²) in [6.07, 6.45) is -3.52. The fourth-order valence-electron chi connectivity index (χ4n) is 4.44. The number of aliphatic hydroxyl groups excluding tert-OH is 2. The van der Waals surface area contributed by atoms with Gasteiger partial charge in [0.25, 0.3) is 12.3 Å². The van der Waals surface area contributed by atoms with Crippen molar-refractivity contribution in [2.45, 2.75) is 18.4 Å². The molecule has 1 spiro atoms. The fourth-order valence-corrected chi connectivity index (χ4v) is 4.44. The lowest BCUT2D eigenvalue weighted by Gasteiger charge is -2.15. The van der Waals surface area contributed by atoms with Gasteiger partial charge < -0.3 is 15.1 Å². The Morgan fingerprint density at radius 1 is 1.38 bits per heavy atom. The number of nitrogens with one attached hydrogen (secondary N) is 1. The van der Waals surface area contributed by atoms with Gasteiger partial charge in [-0.3, -0.25) is 9.89 Å². The Morgan fingerprint density at radius 2 is 2.12 bits per heavy atom. The zero-order valence-electron chi connectivity index (χ0n) is 13.8. The van der Waals surface area contributed by atoms with Gasteiger partial charge >= 0.3 is 0 Å². The average Bonchev–Trinajstić information content (AvgIpc) is 2.94. The van der Waals surface area contributed by atoms with E-state index in [1.165, 1.54) is 4.90 Å². The lowest BCUT2D eigenvalue weighted by Crippen LogP contribution is -2.30. The molecular formula is C18H19F2N3O3. The molecular weight excluding hydrogens is 344 g/mol. The second kappa shape index (κ2) is 6.14. The molecule has 2 aliphatic rings. The number of hydrogen-bond donors (Lipinski definition) is 3. The van der Waals surface area contributed by atoms with Crippen LogP contribution in [0.3, 0.4) is 0 Å². The monoisotopic (exact) mass is 363 g/mol. The van der Waals surface area contributed by atoms with E-state index >= 15 is 0 Å². The highest BCUT2D eigenvalue weighted by atomic mass is 19.3. The number of halogens is 2. The standard InChI is InChI=1S/C18H19F2N3O3/c19-16(20)12-6-13(22-21-12)17(26)23-7-14(25)18(9-23)11(8-24)15(18)10-4-2-1-3-5-10/h1-6,11,14-16,24-25H,7-9H2,(H,21,22)/t11-,14+,15-,18-/m1/s1. The molecule has 3 N–H and O–H groups in total. The highest BCUT2D eigenvalue weighted by Crippen LogP contribution is 2.68. The van der Waals surface area contributed by atoms with Gasteiger partial charge in [0.15, 0.2) is 5.69 Å². The minimum absolute atomic E-state index is 0.0442. The van der Waals surface area contributed by atoms with Crippen LogP contribution in [-0.2, 0) is 0 Å². The molecule has 2 heterocycles. The number of H-pyrrole nitrogens is 1. The molecule has 26 heavy (non-hydrogen) atoms. The minimum atomic E-state index is -2.73. The van der Waals surface area contributed by atoms with E-state index in [9.17, 15) is 23.8 Å². The Labute approximate surface area is 148 Å². The summed E-state index contributed by atoms with van der Waals surface area (Å²) in [6, 6.07) is 10.6. The molecule has 6 nitrogen and oxygen atoms in total. The molecule has 1 aromatic heterocycles. The number of carbonyl (C=O) groups excluding carboxylic acids is 1. The number of hydrogen-bond acceptors (Lipinski definition) is 4. The number of β-amino-alcohol motifs (C(OH)–C–C–N with tert-alkyl or cyclic N) is 1. The van der Waals surface area contributed by atoms with Crippen molar-refractivity contribution in [3.63, 3.8) is 0 Å². The van der Waals surface area contributed by atoms with Gasteiger partial charge in [-0.1, -0.05) is 30.3 Å². The highest BCUT2D eigenvalue weighted by Gasteiger charge is 2.71. The van der Waals surface area contributed by atoms with E-state index in [1.807, 2.05) is 30.3 Å². The Bertz CT molecular complexity index is 813. The van der Waals surface area contributed by atoms with Gasteiger partial charge in [-0.2, -0.15) is 5.10 Å². The predicted octanol–water partition coefficient (Wildman–Crippen LogP) is 1.56. The molecule has 8 heteroatoms. The van der Waals surface area contributed by atoms with Gasteiger partial charge in [-0.05, 0) is 23.5 Å². The SMILES string of the molecule is O=C(c1cc(C(F)F)[nH]n1)N1C[C@H](O)[C@@]2(C1)[C@H](CO)[C@H]2c1ccccc1. The number of likely N-dealkylation sites (tertiary alicyclic amines) is 1. The number of rotatable bonds is 4. The summed E-state index contributed by atoms with van der Waals surface area (Å²) in [4.78, 5) is 14.0. The van der Waals surface area contributed by atoms with Gasteiger partial charge in [0.05, 0.1) is 6.10 Å². The van der Waals surface area contributed by atoms with Gasteiger partial charge in [-0.25, -0.2) is 8.78 Å². The second-order valence-electron chi connectivity index (χ2n) is 7.00. The van der Waals surface area contributed by atoms with Crippen molar-refractivity contribution in [1.29, 1.82) is 0 Å². The molecule has 1 saturated carbocycles. The van der Waals surface area contributed by atoms with Gasteiger partial charge in [0.1, 0.15) is 5.69 Å². The smallest absolute Gasteiger partial charge is 0.279 e. The maximum absolute atomic E-state index is 12.7. The first kappa shape index (κ1) is 17.1. The van der Waals surface area contributed by atoms with Gasteiger partial charge in [0, 0.05) is 25.1 Å². The Kier molecular flexibility index (Phi) is 4.04. The van der Waals surface area contributed by atoms with E-state index < -0.39 is 29.5 Å². The third-order valence-corrected chi connectivity index (χ3v) is 5.74. The molecule has 2 fully saturated rings. The lowest BCUT2D eigenvalue weighted by molar-refractivity contribution is 0.0758. The van der Waals surface area contributed by atoms with Gasteiger partial charge in [-0.15, -0.1) is 0 Å². The minimum Gasteiger partial charge on any atom is -0.396 e. The first-order valence-electron chi connectivity index (χ1n) is 8.45. The Balaban J connectivity index is 1.56. The molecule has 0 radical (unpaired) electrons. The molecule has 1 aliphatic heterocycles. The van der Waals surface area contributed by atoms with Crippen LogP contribution in [0.1, 0.15) is 34.1 Å². The van der Waals surface area contributed by atoms with Crippen LogP contribution in [0, 0.1) is 11.3 Å². The molecule has 138 valence electrons. The van der Waals surface area contributed by atoms with Crippen molar-refractivity contribution in [3.8, 4) is 0 Å².